The van der Waals surface area contributed by atoms with Crippen molar-refractivity contribution in [1.82, 2.24) is 4.90 Å². The molecule has 0 amide bonds. The lowest BCUT2D eigenvalue weighted by atomic mass is 10.2. The molecule has 2 N–H and O–H groups in total. The minimum Gasteiger partial charge on any atom is -0.493 e. The topological polar surface area (TPSA) is 72.6 Å². The molecule has 0 atom stereocenters. The van der Waals surface area contributed by atoms with Crippen LogP contribution in [0.4, 0.5) is 0 Å². The van der Waals surface area contributed by atoms with Crippen LogP contribution in [0.2, 0.25) is 0 Å². The van der Waals surface area contributed by atoms with Gasteiger partial charge in [-0.25, -0.2) is 8.42 Å². The maximum atomic E-state index is 11.3. The molecule has 21 heavy (non-hydrogen) atoms. The Morgan fingerprint density at radius 2 is 1.95 bits per heavy atom. The molecule has 2 rings (SSSR count). The average molecular weight is 328 g/mol. The van der Waals surface area contributed by atoms with E-state index in [1.807, 2.05) is 24.3 Å². The zero-order valence-corrected chi connectivity index (χ0v) is 13.5. The Hall–Kier alpha value is -1.18. The Balaban J connectivity index is 1.74. The highest BCUT2D eigenvalue weighted by Crippen LogP contribution is 2.17. The fourth-order valence-corrected chi connectivity index (χ4v) is 3.69. The van der Waals surface area contributed by atoms with Crippen LogP contribution in [0.25, 0.3) is 0 Å². The van der Waals surface area contributed by atoms with Gasteiger partial charge in [0.2, 0.25) is 0 Å². The molecule has 1 aromatic carbocycles. The van der Waals surface area contributed by atoms with Crippen LogP contribution in [0.15, 0.2) is 24.3 Å². The van der Waals surface area contributed by atoms with E-state index in [9.17, 15) is 8.42 Å². The summed E-state index contributed by atoms with van der Waals surface area (Å²) in [6.07, 6.45) is 0.839. The fourth-order valence-electron chi connectivity index (χ4n) is 2.24. The second kappa shape index (κ2) is 7.20. The largest absolute Gasteiger partial charge is 0.493 e. The van der Waals surface area contributed by atoms with Crippen molar-refractivity contribution in [3.63, 3.8) is 0 Å². The van der Waals surface area contributed by atoms with Gasteiger partial charge in [-0.15, -0.1) is 0 Å². The van der Waals surface area contributed by atoms with Crippen LogP contribution >= 0.6 is 12.2 Å². The summed E-state index contributed by atoms with van der Waals surface area (Å²) in [5.41, 5.74) is 6.39. The van der Waals surface area contributed by atoms with Crippen molar-refractivity contribution in [3.8, 4) is 5.75 Å². The molecule has 0 spiro atoms. The monoisotopic (exact) mass is 328 g/mol. The molecule has 0 unspecified atom stereocenters. The summed E-state index contributed by atoms with van der Waals surface area (Å²) in [5.74, 6) is 1.22. The standard InChI is InChI=1S/C14H20N2O3S2/c15-14(20)12-4-1-2-5-13(12)19-9-3-6-16-7-10-21(17,18)11-8-16/h1-2,4-5H,3,6-11H2,(H2,15,20). The molecule has 7 heteroatoms. The summed E-state index contributed by atoms with van der Waals surface area (Å²) in [4.78, 5) is 2.48. The van der Waals surface area contributed by atoms with E-state index in [2.05, 4.69) is 4.90 Å². The Labute approximate surface area is 131 Å². The SMILES string of the molecule is NC(=S)c1ccccc1OCCCN1CCS(=O)(=O)CC1. The highest BCUT2D eigenvalue weighted by molar-refractivity contribution is 7.91. The minimum absolute atomic E-state index is 0.262. The Morgan fingerprint density at radius 1 is 1.29 bits per heavy atom. The van der Waals surface area contributed by atoms with Gasteiger partial charge in [-0.1, -0.05) is 24.4 Å². The third kappa shape index (κ3) is 4.94. The van der Waals surface area contributed by atoms with Crippen molar-refractivity contribution in [2.45, 2.75) is 6.42 Å². The summed E-state index contributed by atoms with van der Waals surface area (Å²) in [7, 11) is -2.81. The van der Waals surface area contributed by atoms with Crippen LogP contribution in [0.5, 0.6) is 5.75 Å². The van der Waals surface area contributed by atoms with Gasteiger partial charge in [0.1, 0.15) is 10.7 Å². The fraction of sp³-hybridized carbons (Fsp3) is 0.500. The second-order valence-corrected chi connectivity index (χ2v) is 7.80. The van der Waals surface area contributed by atoms with Crippen molar-refractivity contribution >= 4 is 27.0 Å². The highest BCUT2D eigenvalue weighted by Gasteiger charge is 2.20. The molecule has 0 bridgehead atoms. The zero-order valence-electron chi connectivity index (χ0n) is 11.8. The van der Waals surface area contributed by atoms with E-state index in [1.165, 1.54) is 0 Å². The number of ether oxygens (including phenoxy) is 1. The number of hydrogen-bond acceptors (Lipinski definition) is 5. The van der Waals surface area contributed by atoms with Crippen LogP contribution in [0.3, 0.4) is 0 Å². The predicted octanol–water partition coefficient (Wildman–Crippen LogP) is 0.820. The van der Waals surface area contributed by atoms with E-state index in [0.29, 0.717) is 30.4 Å². The third-order valence-electron chi connectivity index (χ3n) is 3.47. The number of benzene rings is 1. The number of nitrogens with zero attached hydrogens (tertiary/aromatic N) is 1. The van der Waals surface area contributed by atoms with Crippen LogP contribution in [-0.2, 0) is 9.84 Å². The van der Waals surface area contributed by atoms with E-state index >= 15 is 0 Å². The van der Waals surface area contributed by atoms with Gasteiger partial charge in [0, 0.05) is 19.6 Å². The zero-order chi connectivity index (χ0) is 15.3. The first kappa shape index (κ1) is 16.2. The van der Waals surface area contributed by atoms with E-state index in [4.69, 9.17) is 22.7 Å². The number of thiocarbonyl (C=S) groups is 1. The van der Waals surface area contributed by atoms with Gasteiger partial charge in [-0.2, -0.15) is 0 Å². The highest BCUT2D eigenvalue weighted by atomic mass is 32.2. The van der Waals surface area contributed by atoms with E-state index in [-0.39, 0.29) is 11.5 Å². The molecule has 1 heterocycles. The Kier molecular flexibility index (Phi) is 5.55. The first-order valence-electron chi connectivity index (χ1n) is 6.92. The molecule has 1 aliphatic heterocycles. The molecule has 0 aromatic heterocycles. The van der Waals surface area contributed by atoms with Crippen LogP contribution in [0.1, 0.15) is 12.0 Å². The van der Waals surface area contributed by atoms with Crippen molar-refractivity contribution in [2.24, 2.45) is 5.73 Å². The molecule has 5 nitrogen and oxygen atoms in total. The van der Waals surface area contributed by atoms with Crippen molar-refractivity contribution < 1.29 is 13.2 Å². The van der Waals surface area contributed by atoms with Crippen molar-refractivity contribution in [1.29, 1.82) is 0 Å². The van der Waals surface area contributed by atoms with Crippen molar-refractivity contribution in [2.75, 3.05) is 37.7 Å². The molecular weight excluding hydrogens is 308 g/mol. The first-order valence-corrected chi connectivity index (χ1v) is 9.15. The third-order valence-corrected chi connectivity index (χ3v) is 5.29. The van der Waals surface area contributed by atoms with Crippen molar-refractivity contribution in [3.05, 3.63) is 29.8 Å². The van der Waals surface area contributed by atoms with Gasteiger partial charge in [-0.05, 0) is 18.6 Å². The second-order valence-electron chi connectivity index (χ2n) is 5.06. The number of para-hydroxylation sites is 1. The maximum Gasteiger partial charge on any atom is 0.152 e. The quantitative estimate of drug-likeness (QED) is 0.616. The molecule has 1 fully saturated rings. The molecule has 0 radical (unpaired) electrons. The first-order chi connectivity index (χ1) is 9.98. The molecule has 1 aromatic rings. The molecule has 1 aliphatic rings. The van der Waals surface area contributed by atoms with E-state index in [1.54, 1.807) is 0 Å². The van der Waals surface area contributed by atoms with Crippen LogP contribution in [0, 0.1) is 0 Å². The smallest absolute Gasteiger partial charge is 0.152 e. The normalized spacial score (nSPS) is 18.3. The van der Waals surface area contributed by atoms with Crippen LogP contribution < -0.4 is 10.5 Å². The molecule has 116 valence electrons. The Morgan fingerprint density at radius 3 is 2.62 bits per heavy atom. The predicted molar refractivity (Wildman–Crippen MR) is 87.5 cm³/mol. The summed E-state index contributed by atoms with van der Waals surface area (Å²) < 4.78 is 28.4. The van der Waals surface area contributed by atoms with Crippen LogP contribution in [-0.4, -0.2) is 56.1 Å². The van der Waals surface area contributed by atoms with Gasteiger partial charge in [-0.3, -0.25) is 0 Å². The molecule has 0 saturated carbocycles. The molecule has 1 saturated heterocycles. The number of hydrogen-bond donors (Lipinski definition) is 1. The lowest BCUT2D eigenvalue weighted by molar-refractivity contribution is 0.245. The van der Waals surface area contributed by atoms with E-state index < -0.39 is 9.84 Å². The van der Waals surface area contributed by atoms with Gasteiger partial charge < -0.3 is 15.4 Å². The summed E-state index contributed by atoms with van der Waals surface area (Å²) in [6, 6.07) is 7.44. The lowest BCUT2D eigenvalue weighted by Gasteiger charge is -2.26. The molecule has 0 aliphatic carbocycles. The van der Waals surface area contributed by atoms with Gasteiger partial charge in [0.25, 0.3) is 0 Å². The maximum absolute atomic E-state index is 11.3. The lowest BCUT2D eigenvalue weighted by Crippen LogP contribution is -2.40. The van der Waals surface area contributed by atoms with Gasteiger partial charge >= 0.3 is 0 Å². The Bertz CT molecular complexity index is 588. The van der Waals surface area contributed by atoms with Gasteiger partial charge in [0.05, 0.1) is 23.7 Å². The minimum atomic E-state index is -2.81. The summed E-state index contributed by atoms with van der Waals surface area (Å²) in [6.45, 7) is 2.63. The summed E-state index contributed by atoms with van der Waals surface area (Å²) >= 11 is 4.98. The molecular formula is C14H20N2O3S2. The van der Waals surface area contributed by atoms with E-state index in [0.717, 1.165) is 18.5 Å². The number of rotatable bonds is 6. The number of nitrogens with two attached hydrogens (primary N) is 1. The summed E-state index contributed by atoms with van der Waals surface area (Å²) in [5, 5.41) is 0. The average Bonchev–Trinajstić information content (AvgIpc) is 2.45. The van der Waals surface area contributed by atoms with Gasteiger partial charge in [0.15, 0.2) is 9.84 Å². The number of sulfone groups is 1.